The monoisotopic (exact) mass is 313 g/mol. The zero-order chi connectivity index (χ0) is 13.8. The highest BCUT2D eigenvalue weighted by atomic mass is 79.9. The maximum Gasteiger partial charge on any atom is 0.238 e. The first-order valence-corrected chi connectivity index (χ1v) is 6.74. The number of carbonyl (C=O) groups is 1. The number of para-hydroxylation sites is 1. The molecule has 4 heteroatoms. The van der Waals surface area contributed by atoms with Crippen molar-refractivity contribution in [3.8, 4) is 5.75 Å². The van der Waals surface area contributed by atoms with Crippen LogP contribution in [0.25, 0.3) is 0 Å². The second kappa shape index (κ2) is 6.23. The van der Waals surface area contributed by atoms with Crippen molar-refractivity contribution in [2.75, 3.05) is 20.2 Å². The van der Waals surface area contributed by atoms with Crippen LogP contribution in [0.5, 0.6) is 5.75 Å². The minimum atomic E-state index is -0.523. The average molecular weight is 314 g/mol. The number of hydrogen-bond acceptors (Lipinski definition) is 2. The molecule has 0 aliphatic rings. The second-order valence-electron chi connectivity index (χ2n) is 4.81. The summed E-state index contributed by atoms with van der Waals surface area (Å²) >= 11 is 3.36. The van der Waals surface area contributed by atoms with E-state index >= 15 is 0 Å². The van der Waals surface area contributed by atoms with Crippen LogP contribution in [0.3, 0.4) is 0 Å². The quantitative estimate of drug-likeness (QED) is 0.782. The normalized spacial score (nSPS) is 11.2. The number of hydrogen-bond donors (Lipinski definition) is 0. The number of likely N-dealkylation sites (N-methyl/N-ethyl adjacent to an activating group) is 1. The van der Waals surface area contributed by atoms with Gasteiger partial charge >= 0.3 is 0 Å². The van der Waals surface area contributed by atoms with Gasteiger partial charge in [0, 0.05) is 7.05 Å². The molecular formula is C14H20BrNO2. The summed E-state index contributed by atoms with van der Waals surface area (Å²) in [6, 6.07) is 7.86. The van der Waals surface area contributed by atoms with Gasteiger partial charge in [0.05, 0.1) is 10.9 Å². The van der Waals surface area contributed by atoms with Crippen LogP contribution in [0.1, 0.15) is 19.4 Å². The molecule has 1 rings (SSSR count). The van der Waals surface area contributed by atoms with Gasteiger partial charge in [0.15, 0.2) is 0 Å². The van der Waals surface area contributed by atoms with Crippen LogP contribution in [0, 0.1) is 6.92 Å². The maximum absolute atomic E-state index is 11.9. The van der Waals surface area contributed by atoms with E-state index in [4.69, 9.17) is 4.74 Å². The van der Waals surface area contributed by atoms with Gasteiger partial charge in [0.1, 0.15) is 12.4 Å². The molecule has 18 heavy (non-hydrogen) atoms. The SMILES string of the molecule is Cc1ccccc1OCCN(C)C(=O)C(C)(C)Br. The van der Waals surface area contributed by atoms with Crippen molar-refractivity contribution in [3.63, 3.8) is 0 Å². The van der Waals surface area contributed by atoms with Gasteiger partial charge in [-0.05, 0) is 32.4 Å². The van der Waals surface area contributed by atoms with Gasteiger partial charge in [0.25, 0.3) is 0 Å². The third kappa shape index (κ3) is 4.33. The molecule has 0 fully saturated rings. The zero-order valence-electron chi connectivity index (χ0n) is 11.4. The molecule has 100 valence electrons. The predicted molar refractivity (Wildman–Crippen MR) is 77.3 cm³/mol. The molecule has 1 aromatic carbocycles. The summed E-state index contributed by atoms with van der Waals surface area (Å²) in [5, 5.41) is 0. The molecule has 3 nitrogen and oxygen atoms in total. The number of benzene rings is 1. The van der Waals surface area contributed by atoms with E-state index in [1.54, 1.807) is 11.9 Å². The van der Waals surface area contributed by atoms with E-state index in [1.807, 2.05) is 45.0 Å². The Morgan fingerprint density at radius 2 is 2.00 bits per heavy atom. The number of nitrogens with zero attached hydrogens (tertiary/aromatic N) is 1. The highest BCUT2D eigenvalue weighted by molar-refractivity contribution is 9.10. The second-order valence-corrected chi connectivity index (χ2v) is 6.80. The van der Waals surface area contributed by atoms with Crippen LogP contribution < -0.4 is 4.74 Å². The number of amides is 1. The summed E-state index contributed by atoms with van der Waals surface area (Å²) in [7, 11) is 1.78. The van der Waals surface area contributed by atoms with Gasteiger partial charge in [0.2, 0.25) is 5.91 Å². The summed E-state index contributed by atoms with van der Waals surface area (Å²) < 4.78 is 5.14. The van der Waals surface area contributed by atoms with E-state index in [9.17, 15) is 4.79 Å². The summed E-state index contributed by atoms with van der Waals surface area (Å²) in [6.07, 6.45) is 0. The Morgan fingerprint density at radius 3 is 2.56 bits per heavy atom. The molecule has 0 atom stereocenters. The first-order valence-electron chi connectivity index (χ1n) is 5.95. The van der Waals surface area contributed by atoms with E-state index in [0.29, 0.717) is 13.2 Å². The molecule has 1 aromatic rings. The van der Waals surface area contributed by atoms with Crippen molar-refractivity contribution in [1.29, 1.82) is 0 Å². The highest BCUT2D eigenvalue weighted by Crippen LogP contribution is 2.19. The van der Waals surface area contributed by atoms with Crippen molar-refractivity contribution < 1.29 is 9.53 Å². The highest BCUT2D eigenvalue weighted by Gasteiger charge is 2.26. The number of rotatable bonds is 5. The molecule has 0 bridgehead atoms. The van der Waals surface area contributed by atoms with Crippen LogP contribution in [0.2, 0.25) is 0 Å². The van der Waals surface area contributed by atoms with E-state index in [1.165, 1.54) is 0 Å². The lowest BCUT2D eigenvalue weighted by molar-refractivity contribution is -0.131. The molecule has 0 N–H and O–H groups in total. The molecule has 0 saturated carbocycles. The minimum absolute atomic E-state index is 0.0517. The van der Waals surface area contributed by atoms with E-state index < -0.39 is 4.32 Å². The van der Waals surface area contributed by atoms with Gasteiger partial charge in [-0.1, -0.05) is 34.1 Å². The van der Waals surface area contributed by atoms with Crippen LogP contribution in [0.4, 0.5) is 0 Å². The lowest BCUT2D eigenvalue weighted by atomic mass is 10.2. The molecule has 0 aliphatic carbocycles. The largest absolute Gasteiger partial charge is 0.491 e. The lowest BCUT2D eigenvalue weighted by Gasteiger charge is -2.24. The van der Waals surface area contributed by atoms with Gasteiger partial charge in [-0.2, -0.15) is 0 Å². The number of alkyl halides is 1. The third-order valence-corrected chi connectivity index (χ3v) is 2.97. The van der Waals surface area contributed by atoms with Crippen molar-refractivity contribution in [3.05, 3.63) is 29.8 Å². The van der Waals surface area contributed by atoms with Gasteiger partial charge in [-0.25, -0.2) is 0 Å². The summed E-state index contributed by atoms with van der Waals surface area (Å²) in [5.74, 6) is 0.923. The van der Waals surface area contributed by atoms with Gasteiger partial charge in [-0.3, -0.25) is 4.79 Å². The standard InChI is InChI=1S/C14H20BrNO2/c1-11-7-5-6-8-12(11)18-10-9-16(4)13(17)14(2,3)15/h5-8H,9-10H2,1-4H3. The van der Waals surface area contributed by atoms with Crippen LogP contribution in [-0.2, 0) is 4.79 Å². The van der Waals surface area contributed by atoms with E-state index in [2.05, 4.69) is 15.9 Å². The fourth-order valence-electron chi connectivity index (χ4n) is 1.57. The third-order valence-electron chi connectivity index (χ3n) is 2.63. The molecule has 0 unspecified atom stereocenters. The Bertz CT molecular complexity index is 413. The molecule has 0 spiro atoms. The molecule has 0 aliphatic heterocycles. The molecule has 1 amide bonds. The fraction of sp³-hybridized carbons (Fsp3) is 0.500. The van der Waals surface area contributed by atoms with Gasteiger partial charge in [-0.15, -0.1) is 0 Å². The summed E-state index contributed by atoms with van der Waals surface area (Å²) in [6.45, 7) is 6.76. The Balaban J connectivity index is 2.43. The number of ether oxygens (including phenoxy) is 1. The topological polar surface area (TPSA) is 29.5 Å². The van der Waals surface area contributed by atoms with Crippen LogP contribution in [0.15, 0.2) is 24.3 Å². The van der Waals surface area contributed by atoms with Crippen molar-refractivity contribution >= 4 is 21.8 Å². The van der Waals surface area contributed by atoms with Gasteiger partial charge < -0.3 is 9.64 Å². The Morgan fingerprint density at radius 1 is 1.39 bits per heavy atom. The van der Waals surface area contributed by atoms with Crippen molar-refractivity contribution in [2.45, 2.75) is 25.1 Å². The van der Waals surface area contributed by atoms with Crippen molar-refractivity contribution in [1.82, 2.24) is 4.90 Å². The maximum atomic E-state index is 11.9. The van der Waals surface area contributed by atoms with E-state index in [-0.39, 0.29) is 5.91 Å². The first-order chi connectivity index (χ1) is 8.32. The number of halogens is 1. The molecule has 0 aromatic heterocycles. The van der Waals surface area contributed by atoms with Crippen LogP contribution >= 0.6 is 15.9 Å². The lowest BCUT2D eigenvalue weighted by Crippen LogP contribution is -2.41. The minimum Gasteiger partial charge on any atom is -0.491 e. The van der Waals surface area contributed by atoms with Crippen LogP contribution in [-0.4, -0.2) is 35.3 Å². The molecular weight excluding hydrogens is 294 g/mol. The average Bonchev–Trinajstić information content (AvgIpc) is 2.29. The Kier molecular flexibility index (Phi) is 5.20. The Hall–Kier alpha value is -1.03. The molecule has 0 radical (unpaired) electrons. The fourth-order valence-corrected chi connectivity index (χ4v) is 1.87. The number of carbonyl (C=O) groups excluding carboxylic acids is 1. The first kappa shape index (κ1) is 15.0. The summed E-state index contributed by atoms with van der Waals surface area (Å²) in [5.41, 5.74) is 1.10. The predicted octanol–water partition coefficient (Wildman–Crippen LogP) is 3.01. The van der Waals surface area contributed by atoms with Crippen molar-refractivity contribution in [2.24, 2.45) is 0 Å². The number of aryl methyl sites for hydroxylation is 1. The summed E-state index contributed by atoms with van der Waals surface area (Å²) in [4.78, 5) is 13.6. The van der Waals surface area contributed by atoms with E-state index in [0.717, 1.165) is 11.3 Å². The molecule has 0 saturated heterocycles. The zero-order valence-corrected chi connectivity index (χ0v) is 13.0. The smallest absolute Gasteiger partial charge is 0.238 e. The molecule has 0 heterocycles. The Labute approximate surface area is 117 Å².